The van der Waals surface area contributed by atoms with E-state index in [1.807, 2.05) is 54.1 Å². The molecule has 2 aromatic carbocycles. The molecule has 0 atom stereocenters. The van der Waals surface area contributed by atoms with Crippen LogP contribution in [0.2, 0.25) is 0 Å². The van der Waals surface area contributed by atoms with E-state index in [4.69, 9.17) is 21.7 Å². The van der Waals surface area contributed by atoms with E-state index in [9.17, 15) is 9.59 Å². The van der Waals surface area contributed by atoms with Gasteiger partial charge in [0, 0.05) is 23.6 Å². The van der Waals surface area contributed by atoms with Gasteiger partial charge >= 0.3 is 0 Å². The van der Waals surface area contributed by atoms with Gasteiger partial charge in [0.1, 0.15) is 17.1 Å². The Morgan fingerprint density at radius 1 is 1.00 bits per heavy atom. The number of thiocarbonyl (C=S) groups is 1. The van der Waals surface area contributed by atoms with Gasteiger partial charge in [-0.2, -0.15) is 0 Å². The molecule has 2 amide bonds. The first-order chi connectivity index (χ1) is 15.4. The van der Waals surface area contributed by atoms with Crippen molar-refractivity contribution in [1.82, 2.24) is 9.88 Å². The molecule has 0 radical (unpaired) electrons. The third kappa shape index (κ3) is 3.88. The van der Waals surface area contributed by atoms with Crippen LogP contribution >= 0.6 is 12.2 Å². The summed E-state index contributed by atoms with van der Waals surface area (Å²) >= 11 is 5.30. The monoisotopic (exact) mass is 447 g/mol. The van der Waals surface area contributed by atoms with Crippen LogP contribution in [-0.2, 0) is 9.59 Å². The Hall–Kier alpha value is -3.91. The first-order valence-electron chi connectivity index (χ1n) is 9.81. The Balaban J connectivity index is 1.76. The van der Waals surface area contributed by atoms with Crippen molar-refractivity contribution >= 4 is 40.9 Å². The molecule has 1 aliphatic rings. The lowest BCUT2D eigenvalue weighted by atomic mass is 10.1. The summed E-state index contributed by atoms with van der Waals surface area (Å²) in [6, 6.07) is 16.6. The zero-order valence-electron chi connectivity index (χ0n) is 17.8. The maximum Gasteiger partial charge on any atom is 0.270 e. The van der Waals surface area contributed by atoms with Crippen LogP contribution < -0.4 is 19.7 Å². The molecule has 0 unspecified atom stereocenters. The van der Waals surface area contributed by atoms with E-state index in [1.165, 1.54) is 19.1 Å². The van der Waals surface area contributed by atoms with Gasteiger partial charge in [0.05, 0.1) is 19.9 Å². The van der Waals surface area contributed by atoms with Gasteiger partial charge in [-0.1, -0.05) is 12.1 Å². The van der Waals surface area contributed by atoms with Crippen molar-refractivity contribution in [2.45, 2.75) is 6.92 Å². The van der Waals surface area contributed by atoms with Gasteiger partial charge in [-0.3, -0.25) is 14.9 Å². The van der Waals surface area contributed by atoms with E-state index in [1.54, 1.807) is 24.3 Å². The SMILES string of the molecule is COc1ccc(N2C(=O)/C(=C/c3cccn3-c3cccc(C)c3)C(=O)NC2=S)c(OC)c1. The summed E-state index contributed by atoms with van der Waals surface area (Å²) in [7, 11) is 3.02. The number of nitrogens with one attached hydrogen (secondary N) is 1. The molecule has 0 bridgehead atoms. The lowest BCUT2D eigenvalue weighted by Crippen LogP contribution is -2.54. The Morgan fingerprint density at radius 2 is 1.81 bits per heavy atom. The summed E-state index contributed by atoms with van der Waals surface area (Å²) in [6.07, 6.45) is 3.44. The number of carbonyl (C=O) groups is 2. The van der Waals surface area contributed by atoms with Gasteiger partial charge < -0.3 is 14.0 Å². The van der Waals surface area contributed by atoms with Crippen LogP contribution in [0, 0.1) is 6.92 Å². The second kappa shape index (κ2) is 8.68. The number of nitrogens with zero attached hydrogens (tertiary/aromatic N) is 2. The molecule has 1 N–H and O–H groups in total. The van der Waals surface area contributed by atoms with Gasteiger partial charge in [0.15, 0.2) is 5.11 Å². The second-order valence-electron chi connectivity index (χ2n) is 7.14. The smallest absolute Gasteiger partial charge is 0.270 e. The molecule has 8 heteroatoms. The molecular weight excluding hydrogens is 426 g/mol. The van der Waals surface area contributed by atoms with Crippen molar-refractivity contribution < 1.29 is 19.1 Å². The highest BCUT2D eigenvalue weighted by Gasteiger charge is 2.36. The van der Waals surface area contributed by atoms with Crippen molar-refractivity contribution in [3.8, 4) is 17.2 Å². The number of carbonyl (C=O) groups excluding carboxylic acids is 2. The molecular formula is C24H21N3O4S. The minimum Gasteiger partial charge on any atom is -0.497 e. The maximum absolute atomic E-state index is 13.4. The first-order valence-corrected chi connectivity index (χ1v) is 10.2. The van der Waals surface area contributed by atoms with Crippen LogP contribution in [0.5, 0.6) is 11.5 Å². The molecule has 3 aromatic rings. The van der Waals surface area contributed by atoms with E-state index >= 15 is 0 Å². The lowest BCUT2D eigenvalue weighted by molar-refractivity contribution is -0.122. The molecule has 0 aliphatic carbocycles. The highest BCUT2D eigenvalue weighted by molar-refractivity contribution is 7.80. The van der Waals surface area contributed by atoms with E-state index in [2.05, 4.69) is 5.32 Å². The first kappa shape index (κ1) is 21.3. The predicted molar refractivity (Wildman–Crippen MR) is 126 cm³/mol. The Bertz CT molecular complexity index is 1260. The zero-order valence-corrected chi connectivity index (χ0v) is 18.6. The number of hydrogen-bond acceptors (Lipinski definition) is 5. The Morgan fingerprint density at radius 3 is 2.53 bits per heavy atom. The number of rotatable bonds is 5. The average molecular weight is 448 g/mol. The fourth-order valence-electron chi connectivity index (χ4n) is 3.52. The fraction of sp³-hybridized carbons (Fsp3) is 0.125. The number of benzene rings is 2. The fourth-order valence-corrected chi connectivity index (χ4v) is 3.79. The molecule has 1 aromatic heterocycles. The summed E-state index contributed by atoms with van der Waals surface area (Å²) in [6.45, 7) is 2.00. The standard InChI is InChI=1S/C24H21N3O4S/c1-15-6-4-7-16(12-15)26-11-5-8-17(26)13-19-22(28)25-24(32)27(23(19)29)20-10-9-18(30-2)14-21(20)31-3/h4-14H,1-3H3,(H,25,28,32)/b19-13+. The van der Waals surface area contributed by atoms with Gasteiger partial charge in [-0.15, -0.1) is 0 Å². The van der Waals surface area contributed by atoms with E-state index in [0.29, 0.717) is 22.9 Å². The number of hydrogen-bond donors (Lipinski definition) is 1. The molecule has 4 rings (SSSR count). The molecule has 2 heterocycles. The number of methoxy groups -OCH3 is 2. The molecule has 7 nitrogen and oxygen atoms in total. The number of amides is 2. The molecule has 32 heavy (non-hydrogen) atoms. The van der Waals surface area contributed by atoms with Gasteiger partial charge in [0.2, 0.25) is 0 Å². The predicted octanol–water partition coefficient (Wildman–Crippen LogP) is 3.63. The maximum atomic E-state index is 13.4. The van der Waals surface area contributed by atoms with Gasteiger partial charge in [-0.05, 0) is 67.2 Å². The van der Waals surface area contributed by atoms with E-state index < -0.39 is 11.8 Å². The largest absolute Gasteiger partial charge is 0.497 e. The van der Waals surface area contributed by atoms with Crippen molar-refractivity contribution in [3.05, 3.63) is 77.6 Å². The second-order valence-corrected chi connectivity index (χ2v) is 7.52. The minimum atomic E-state index is -0.555. The lowest BCUT2D eigenvalue weighted by Gasteiger charge is -2.30. The molecule has 0 spiro atoms. The third-order valence-electron chi connectivity index (χ3n) is 5.08. The highest BCUT2D eigenvalue weighted by atomic mass is 32.1. The summed E-state index contributed by atoms with van der Waals surface area (Å²) in [5, 5.41) is 2.58. The zero-order chi connectivity index (χ0) is 22.8. The van der Waals surface area contributed by atoms with Crippen LogP contribution in [0.1, 0.15) is 11.3 Å². The van der Waals surface area contributed by atoms with Crippen molar-refractivity contribution in [2.24, 2.45) is 0 Å². The molecule has 0 saturated carbocycles. The number of aromatic nitrogens is 1. The van der Waals surface area contributed by atoms with Crippen LogP contribution in [-0.4, -0.2) is 35.7 Å². The summed E-state index contributed by atoms with van der Waals surface area (Å²) < 4.78 is 12.6. The summed E-state index contributed by atoms with van der Waals surface area (Å²) in [4.78, 5) is 27.4. The minimum absolute atomic E-state index is 0.0188. The van der Waals surface area contributed by atoms with E-state index in [0.717, 1.165) is 11.3 Å². The Labute approximate surface area is 190 Å². The Kier molecular flexibility index (Phi) is 5.79. The number of ether oxygens (including phenoxy) is 2. The molecule has 162 valence electrons. The van der Waals surface area contributed by atoms with Crippen LogP contribution in [0.25, 0.3) is 11.8 Å². The van der Waals surface area contributed by atoms with Gasteiger partial charge in [0.25, 0.3) is 11.8 Å². The van der Waals surface area contributed by atoms with Crippen LogP contribution in [0.15, 0.2) is 66.4 Å². The molecule has 1 fully saturated rings. The number of aryl methyl sites for hydroxylation is 1. The summed E-state index contributed by atoms with van der Waals surface area (Å²) in [5.74, 6) is -0.143. The van der Waals surface area contributed by atoms with Crippen molar-refractivity contribution in [3.63, 3.8) is 0 Å². The third-order valence-corrected chi connectivity index (χ3v) is 5.37. The van der Waals surface area contributed by atoms with Crippen LogP contribution in [0.3, 0.4) is 0 Å². The molecule has 1 saturated heterocycles. The van der Waals surface area contributed by atoms with E-state index in [-0.39, 0.29) is 10.7 Å². The average Bonchev–Trinajstić information content (AvgIpc) is 3.25. The van der Waals surface area contributed by atoms with Gasteiger partial charge in [-0.25, -0.2) is 4.90 Å². The van der Waals surface area contributed by atoms with Crippen molar-refractivity contribution in [2.75, 3.05) is 19.1 Å². The topological polar surface area (TPSA) is 72.8 Å². The quantitative estimate of drug-likeness (QED) is 0.367. The van der Waals surface area contributed by atoms with Crippen LogP contribution in [0.4, 0.5) is 5.69 Å². The van der Waals surface area contributed by atoms with Crippen molar-refractivity contribution in [1.29, 1.82) is 0 Å². The normalized spacial score (nSPS) is 15.2. The molecule has 1 aliphatic heterocycles. The summed E-state index contributed by atoms with van der Waals surface area (Å²) in [5.41, 5.74) is 3.08. The highest BCUT2D eigenvalue weighted by Crippen LogP contribution is 2.34. The number of anilines is 1.